The Labute approximate surface area is 187 Å². The van der Waals surface area contributed by atoms with Gasteiger partial charge in [0.05, 0.1) is 25.0 Å². The van der Waals surface area contributed by atoms with Crippen molar-refractivity contribution in [3.63, 3.8) is 0 Å². The molecule has 1 atom stereocenters. The lowest BCUT2D eigenvalue weighted by molar-refractivity contribution is -0.141. The molecule has 11 heteroatoms. The zero-order chi connectivity index (χ0) is 23.0. The summed E-state index contributed by atoms with van der Waals surface area (Å²) in [5, 5.41) is 15.2. The summed E-state index contributed by atoms with van der Waals surface area (Å²) in [7, 11) is 0. The van der Waals surface area contributed by atoms with Crippen molar-refractivity contribution in [3.05, 3.63) is 75.8 Å². The Morgan fingerprint density at radius 2 is 1.88 bits per heavy atom. The van der Waals surface area contributed by atoms with Gasteiger partial charge < -0.3 is 0 Å². The molecule has 1 N–H and O–H groups in total. The fourth-order valence-electron chi connectivity index (χ4n) is 3.50. The average Bonchev–Trinajstić information content (AvgIpc) is 3.42. The van der Waals surface area contributed by atoms with Gasteiger partial charge in [-0.2, -0.15) is 28.5 Å². The fourth-order valence-corrected chi connectivity index (χ4v) is 3.74. The highest BCUT2D eigenvalue weighted by Gasteiger charge is 2.34. The van der Waals surface area contributed by atoms with Crippen molar-refractivity contribution in [2.24, 2.45) is 0 Å². The highest BCUT2D eigenvalue weighted by atomic mass is 32.1. The van der Waals surface area contributed by atoms with Crippen LogP contribution in [-0.4, -0.2) is 34.3 Å². The van der Waals surface area contributed by atoms with E-state index in [1.165, 1.54) is 10.2 Å². The second-order valence-electron chi connectivity index (χ2n) is 7.86. The van der Waals surface area contributed by atoms with Gasteiger partial charge in [0.15, 0.2) is 10.5 Å². The number of aromatic nitrogens is 7. The molecule has 7 nitrogen and oxygen atoms in total. The Hall–Kier alpha value is -3.21. The van der Waals surface area contributed by atoms with Crippen LogP contribution in [0.2, 0.25) is 0 Å². The number of H-pyrrole nitrogens is 1. The number of alkyl halides is 3. The van der Waals surface area contributed by atoms with Crippen LogP contribution in [0.25, 0.3) is 5.69 Å². The molecule has 0 amide bonds. The molecule has 0 saturated heterocycles. The molecule has 0 aliphatic rings. The van der Waals surface area contributed by atoms with E-state index in [4.69, 9.17) is 12.2 Å². The molecule has 0 radical (unpaired) electrons. The monoisotopic (exact) mass is 461 g/mol. The van der Waals surface area contributed by atoms with E-state index >= 15 is 0 Å². The van der Waals surface area contributed by atoms with E-state index < -0.39 is 11.9 Å². The van der Waals surface area contributed by atoms with Gasteiger partial charge in [-0.3, -0.25) is 19.0 Å². The maximum absolute atomic E-state index is 13.0. The van der Waals surface area contributed by atoms with Crippen LogP contribution in [0.15, 0.2) is 42.7 Å². The van der Waals surface area contributed by atoms with Crippen molar-refractivity contribution >= 4 is 12.2 Å². The van der Waals surface area contributed by atoms with E-state index in [2.05, 4.69) is 32.5 Å². The molecule has 3 aromatic heterocycles. The van der Waals surface area contributed by atoms with E-state index in [1.807, 2.05) is 32.2 Å². The van der Waals surface area contributed by atoms with Gasteiger partial charge in [0.2, 0.25) is 0 Å². The normalized spacial score (nSPS) is 12.9. The highest BCUT2D eigenvalue weighted by Crippen LogP contribution is 2.29. The van der Waals surface area contributed by atoms with Crippen LogP contribution >= 0.6 is 12.2 Å². The lowest BCUT2D eigenvalue weighted by Crippen LogP contribution is -2.15. The molecule has 0 aliphatic carbocycles. The Morgan fingerprint density at radius 1 is 1.16 bits per heavy atom. The van der Waals surface area contributed by atoms with Crippen molar-refractivity contribution in [3.8, 4) is 5.69 Å². The Morgan fingerprint density at radius 3 is 2.53 bits per heavy atom. The second-order valence-corrected chi connectivity index (χ2v) is 8.24. The van der Waals surface area contributed by atoms with Gasteiger partial charge in [-0.1, -0.05) is 36.8 Å². The zero-order valence-electron chi connectivity index (χ0n) is 17.8. The van der Waals surface area contributed by atoms with Crippen LogP contribution < -0.4 is 0 Å². The topological polar surface area (TPSA) is 69.2 Å². The van der Waals surface area contributed by atoms with Crippen molar-refractivity contribution in [2.45, 2.75) is 46.0 Å². The van der Waals surface area contributed by atoms with E-state index in [1.54, 1.807) is 22.4 Å². The number of nitrogens with zero attached hydrogens (tertiary/aromatic N) is 6. The number of benzene rings is 1. The van der Waals surface area contributed by atoms with Crippen LogP contribution in [-0.2, 0) is 19.3 Å². The summed E-state index contributed by atoms with van der Waals surface area (Å²) in [5.74, 6) is 0.330. The molecular weight excluding hydrogens is 439 g/mol. The van der Waals surface area contributed by atoms with Crippen LogP contribution in [0.3, 0.4) is 0 Å². The lowest BCUT2D eigenvalue weighted by atomic mass is 10.1. The molecule has 32 heavy (non-hydrogen) atoms. The van der Waals surface area contributed by atoms with Crippen molar-refractivity contribution < 1.29 is 13.2 Å². The Bertz CT molecular complexity index is 1280. The van der Waals surface area contributed by atoms with Gasteiger partial charge in [0.1, 0.15) is 5.82 Å². The van der Waals surface area contributed by atoms with E-state index in [0.717, 1.165) is 17.3 Å². The van der Waals surface area contributed by atoms with E-state index in [0.29, 0.717) is 22.8 Å². The quantitative estimate of drug-likeness (QED) is 0.419. The summed E-state index contributed by atoms with van der Waals surface area (Å²) in [4.78, 5) is 0. The average molecular weight is 462 g/mol. The molecule has 168 valence electrons. The first kappa shape index (κ1) is 22.0. The van der Waals surface area contributed by atoms with Crippen LogP contribution in [0, 0.1) is 18.6 Å². The smallest absolute Gasteiger partial charge is 0.269 e. The zero-order valence-corrected chi connectivity index (χ0v) is 18.6. The molecule has 0 fully saturated rings. The molecule has 4 aromatic rings. The number of hydrogen-bond donors (Lipinski definition) is 1. The van der Waals surface area contributed by atoms with Gasteiger partial charge >= 0.3 is 6.18 Å². The number of aryl methyl sites for hydroxylation is 2. The van der Waals surface area contributed by atoms with Gasteiger partial charge in [0, 0.05) is 17.8 Å². The molecule has 3 heterocycles. The summed E-state index contributed by atoms with van der Waals surface area (Å²) >= 11 is 5.41. The van der Waals surface area contributed by atoms with Gasteiger partial charge in [-0.05, 0) is 37.7 Å². The standard InChI is InChI=1S/C21H22F3N7S/c1-13-4-6-16(7-5-13)11-29-12-17(9-25-29)31-19(26-27-20(31)32)14(2)10-30-15(3)8-18(28-30)21(22,23)24/h4-9,12,14H,10-11H2,1-3H3,(H,27,32). The molecular formula is C21H22F3N7S. The summed E-state index contributed by atoms with van der Waals surface area (Å²) in [6, 6.07) is 9.24. The molecule has 0 aliphatic heterocycles. The number of nitrogens with one attached hydrogen (secondary N) is 1. The number of rotatable bonds is 6. The molecule has 0 spiro atoms. The molecule has 4 rings (SSSR count). The predicted molar refractivity (Wildman–Crippen MR) is 115 cm³/mol. The van der Waals surface area contributed by atoms with E-state index in [-0.39, 0.29) is 12.5 Å². The first-order valence-electron chi connectivity index (χ1n) is 9.99. The fraction of sp³-hybridized carbons (Fsp3) is 0.333. The van der Waals surface area contributed by atoms with Crippen molar-refractivity contribution in [1.29, 1.82) is 0 Å². The maximum Gasteiger partial charge on any atom is 0.435 e. The first-order chi connectivity index (χ1) is 15.1. The predicted octanol–water partition coefficient (Wildman–Crippen LogP) is 4.81. The minimum absolute atomic E-state index is 0.221. The third kappa shape index (κ3) is 4.52. The van der Waals surface area contributed by atoms with Gasteiger partial charge in [-0.15, -0.1) is 0 Å². The van der Waals surface area contributed by atoms with Gasteiger partial charge in [-0.25, -0.2) is 0 Å². The third-order valence-corrected chi connectivity index (χ3v) is 5.47. The summed E-state index contributed by atoms with van der Waals surface area (Å²) < 4.78 is 44.2. The van der Waals surface area contributed by atoms with Crippen LogP contribution in [0.1, 0.15) is 41.2 Å². The minimum atomic E-state index is -4.48. The third-order valence-electron chi connectivity index (χ3n) is 5.20. The van der Waals surface area contributed by atoms with Crippen molar-refractivity contribution in [2.75, 3.05) is 0 Å². The van der Waals surface area contributed by atoms with Crippen molar-refractivity contribution in [1.82, 2.24) is 34.3 Å². The molecule has 1 unspecified atom stereocenters. The lowest BCUT2D eigenvalue weighted by Gasteiger charge is -2.13. The number of aromatic amines is 1. The van der Waals surface area contributed by atoms with E-state index in [9.17, 15) is 13.2 Å². The minimum Gasteiger partial charge on any atom is -0.269 e. The Kier molecular flexibility index (Phi) is 5.76. The van der Waals surface area contributed by atoms with Gasteiger partial charge in [0.25, 0.3) is 0 Å². The largest absolute Gasteiger partial charge is 0.435 e. The summed E-state index contributed by atoms with van der Waals surface area (Å²) in [6.07, 6.45) is -0.926. The SMILES string of the molecule is Cc1ccc(Cn2cc(-n3c(C(C)Cn4nc(C(F)(F)F)cc4C)n[nH]c3=S)cn2)cc1. The maximum atomic E-state index is 13.0. The summed E-state index contributed by atoms with van der Waals surface area (Å²) in [5.41, 5.74) is 2.55. The number of hydrogen-bond acceptors (Lipinski definition) is 4. The number of halogens is 3. The van der Waals surface area contributed by atoms with Crippen LogP contribution in [0.4, 0.5) is 13.2 Å². The molecule has 0 saturated carbocycles. The summed E-state index contributed by atoms with van der Waals surface area (Å²) in [6.45, 7) is 6.32. The molecule has 0 bridgehead atoms. The highest BCUT2D eigenvalue weighted by molar-refractivity contribution is 7.71. The first-order valence-corrected chi connectivity index (χ1v) is 10.4. The molecule has 1 aromatic carbocycles. The Balaban J connectivity index is 1.57. The van der Waals surface area contributed by atoms with Crippen LogP contribution in [0.5, 0.6) is 0 Å². The second kappa shape index (κ2) is 8.38.